The van der Waals surface area contributed by atoms with Crippen molar-refractivity contribution in [1.82, 2.24) is 0 Å². The van der Waals surface area contributed by atoms with E-state index in [0.717, 1.165) is 29.4 Å². The summed E-state index contributed by atoms with van der Waals surface area (Å²) in [7, 11) is 0. The SMILES string of the molecule is Cc1ccc(Cl)cc1NCc1ccc(OCCc2ccccc2)cc1. The van der Waals surface area contributed by atoms with Gasteiger partial charge in [0.1, 0.15) is 5.75 Å². The van der Waals surface area contributed by atoms with Crippen molar-refractivity contribution in [1.29, 1.82) is 0 Å². The molecule has 0 spiro atoms. The maximum atomic E-state index is 6.06. The summed E-state index contributed by atoms with van der Waals surface area (Å²) in [5.74, 6) is 0.901. The average Bonchev–Trinajstić information content (AvgIpc) is 2.64. The monoisotopic (exact) mass is 351 g/mol. The van der Waals surface area contributed by atoms with Crippen molar-refractivity contribution in [2.45, 2.75) is 19.9 Å². The zero-order valence-electron chi connectivity index (χ0n) is 14.3. The lowest BCUT2D eigenvalue weighted by Crippen LogP contribution is -2.03. The van der Waals surface area contributed by atoms with Crippen molar-refractivity contribution in [3.8, 4) is 5.75 Å². The first-order chi connectivity index (χ1) is 12.2. The Kier molecular flexibility index (Phi) is 5.97. The highest BCUT2D eigenvalue weighted by Gasteiger charge is 2.01. The van der Waals surface area contributed by atoms with Gasteiger partial charge < -0.3 is 10.1 Å². The molecular formula is C22H22ClNO. The molecule has 0 amide bonds. The third-order valence-electron chi connectivity index (χ3n) is 4.11. The summed E-state index contributed by atoms with van der Waals surface area (Å²) in [6.07, 6.45) is 0.915. The molecule has 0 saturated heterocycles. The molecule has 0 bridgehead atoms. The van der Waals surface area contributed by atoms with E-state index < -0.39 is 0 Å². The lowest BCUT2D eigenvalue weighted by atomic mass is 10.1. The van der Waals surface area contributed by atoms with E-state index in [2.05, 4.69) is 48.6 Å². The van der Waals surface area contributed by atoms with Gasteiger partial charge in [0.05, 0.1) is 6.61 Å². The van der Waals surface area contributed by atoms with Crippen LogP contribution in [0.3, 0.4) is 0 Å². The molecule has 25 heavy (non-hydrogen) atoms. The highest BCUT2D eigenvalue weighted by atomic mass is 35.5. The van der Waals surface area contributed by atoms with E-state index in [1.165, 1.54) is 16.7 Å². The van der Waals surface area contributed by atoms with E-state index in [0.29, 0.717) is 6.61 Å². The molecule has 0 atom stereocenters. The van der Waals surface area contributed by atoms with Crippen LogP contribution in [0.2, 0.25) is 5.02 Å². The minimum Gasteiger partial charge on any atom is -0.493 e. The largest absolute Gasteiger partial charge is 0.493 e. The quantitative estimate of drug-likeness (QED) is 0.573. The Balaban J connectivity index is 1.49. The molecule has 0 aliphatic carbocycles. The number of halogens is 1. The summed E-state index contributed by atoms with van der Waals surface area (Å²) in [5.41, 5.74) is 4.75. The van der Waals surface area contributed by atoms with E-state index in [9.17, 15) is 0 Å². The van der Waals surface area contributed by atoms with Crippen molar-refractivity contribution in [2.75, 3.05) is 11.9 Å². The molecule has 0 unspecified atom stereocenters. The van der Waals surface area contributed by atoms with Crippen LogP contribution in [0, 0.1) is 6.92 Å². The number of aryl methyl sites for hydroxylation is 1. The van der Waals surface area contributed by atoms with Crippen LogP contribution >= 0.6 is 11.6 Å². The van der Waals surface area contributed by atoms with Gasteiger partial charge in [0.25, 0.3) is 0 Å². The lowest BCUT2D eigenvalue weighted by molar-refractivity contribution is 0.322. The van der Waals surface area contributed by atoms with Gasteiger partial charge in [0.15, 0.2) is 0 Å². The van der Waals surface area contributed by atoms with Gasteiger partial charge in [-0.25, -0.2) is 0 Å². The lowest BCUT2D eigenvalue weighted by Gasteiger charge is -2.11. The third-order valence-corrected chi connectivity index (χ3v) is 4.34. The van der Waals surface area contributed by atoms with Gasteiger partial charge in [0, 0.05) is 23.7 Å². The van der Waals surface area contributed by atoms with Crippen LogP contribution in [0.15, 0.2) is 72.8 Å². The molecule has 0 aromatic heterocycles. The average molecular weight is 352 g/mol. The molecule has 0 aliphatic rings. The molecule has 0 heterocycles. The fourth-order valence-corrected chi connectivity index (χ4v) is 2.79. The van der Waals surface area contributed by atoms with Gasteiger partial charge in [-0.05, 0) is 47.9 Å². The molecule has 128 valence electrons. The summed E-state index contributed by atoms with van der Waals surface area (Å²) in [6, 6.07) is 24.5. The predicted octanol–water partition coefficient (Wildman–Crippen LogP) is 5.88. The van der Waals surface area contributed by atoms with E-state index in [1.54, 1.807) is 0 Å². The number of ether oxygens (including phenoxy) is 1. The van der Waals surface area contributed by atoms with E-state index >= 15 is 0 Å². The summed E-state index contributed by atoms with van der Waals surface area (Å²) >= 11 is 6.06. The topological polar surface area (TPSA) is 21.3 Å². The van der Waals surface area contributed by atoms with E-state index in [1.807, 2.05) is 36.4 Å². The number of nitrogens with one attached hydrogen (secondary N) is 1. The minimum absolute atomic E-state index is 0.684. The highest BCUT2D eigenvalue weighted by Crippen LogP contribution is 2.21. The number of rotatable bonds is 7. The standard InChI is InChI=1S/C22H22ClNO/c1-17-7-10-20(23)15-22(17)24-16-19-8-11-21(12-9-19)25-14-13-18-5-3-2-4-6-18/h2-12,15,24H,13-14,16H2,1H3. The van der Waals surface area contributed by atoms with Crippen molar-refractivity contribution in [3.05, 3.63) is 94.5 Å². The van der Waals surface area contributed by atoms with Gasteiger partial charge in [-0.3, -0.25) is 0 Å². The van der Waals surface area contributed by atoms with Gasteiger partial charge >= 0.3 is 0 Å². The van der Waals surface area contributed by atoms with Crippen LogP contribution in [0.25, 0.3) is 0 Å². The number of hydrogen-bond donors (Lipinski definition) is 1. The molecule has 3 heteroatoms. The van der Waals surface area contributed by atoms with E-state index in [4.69, 9.17) is 16.3 Å². The first kappa shape index (κ1) is 17.4. The Labute approximate surface area is 154 Å². The molecule has 1 N–H and O–H groups in total. The maximum absolute atomic E-state index is 6.06. The highest BCUT2D eigenvalue weighted by molar-refractivity contribution is 6.30. The van der Waals surface area contributed by atoms with Crippen LogP contribution in [0.1, 0.15) is 16.7 Å². The first-order valence-corrected chi connectivity index (χ1v) is 8.84. The molecule has 2 nitrogen and oxygen atoms in total. The molecule has 0 radical (unpaired) electrons. The second kappa shape index (κ2) is 8.59. The molecule has 0 aliphatic heterocycles. The Hall–Kier alpha value is -2.45. The van der Waals surface area contributed by atoms with Gasteiger partial charge in [0.2, 0.25) is 0 Å². The summed E-state index contributed by atoms with van der Waals surface area (Å²) in [5, 5.41) is 4.17. The molecule has 3 rings (SSSR count). The fraction of sp³-hybridized carbons (Fsp3) is 0.182. The molecule has 0 fully saturated rings. The summed E-state index contributed by atoms with van der Waals surface area (Å²) < 4.78 is 5.82. The van der Waals surface area contributed by atoms with Crippen LogP contribution in [-0.2, 0) is 13.0 Å². The Morgan fingerprint density at radius 2 is 1.64 bits per heavy atom. The molecule has 3 aromatic carbocycles. The number of anilines is 1. The van der Waals surface area contributed by atoms with Crippen molar-refractivity contribution in [3.63, 3.8) is 0 Å². The molecule has 0 saturated carbocycles. The van der Waals surface area contributed by atoms with Crippen LogP contribution in [0.5, 0.6) is 5.75 Å². The Morgan fingerprint density at radius 1 is 0.880 bits per heavy atom. The van der Waals surface area contributed by atoms with E-state index in [-0.39, 0.29) is 0 Å². The van der Waals surface area contributed by atoms with Gasteiger partial charge in [-0.15, -0.1) is 0 Å². The molecule has 3 aromatic rings. The first-order valence-electron chi connectivity index (χ1n) is 8.46. The van der Waals surface area contributed by atoms with Crippen LogP contribution < -0.4 is 10.1 Å². The molecular weight excluding hydrogens is 330 g/mol. The third kappa shape index (κ3) is 5.27. The normalized spacial score (nSPS) is 10.5. The zero-order valence-corrected chi connectivity index (χ0v) is 15.1. The number of hydrogen-bond acceptors (Lipinski definition) is 2. The fourth-order valence-electron chi connectivity index (χ4n) is 2.62. The zero-order chi connectivity index (χ0) is 17.5. The van der Waals surface area contributed by atoms with Gasteiger partial charge in [-0.1, -0.05) is 60.1 Å². The van der Waals surface area contributed by atoms with Crippen LogP contribution in [0.4, 0.5) is 5.69 Å². The number of benzene rings is 3. The van der Waals surface area contributed by atoms with Gasteiger partial charge in [-0.2, -0.15) is 0 Å². The minimum atomic E-state index is 0.684. The maximum Gasteiger partial charge on any atom is 0.119 e. The second-order valence-corrected chi connectivity index (χ2v) is 6.48. The van der Waals surface area contributed by atoms with Crippen molar-refractivity contribution >= 4 is 17.3 Å². The van der Waals surface area contributed by atoms with Crippen LogP contribution in [-0.4, -0.2) is 6.61 Å². The Bertz CT molecular complexity index is 800. The Morgan fingerprint density at radius 3 is 2.40 bits per heavy atom. The predicted molar refractivity (Wildman–Crippen MR) is 106 cm³/mol. The van der Waals surface area contributed by atoms with Crippen molar-refractivity contribution in [2.24, 2.45) is 0 Å². The second-order valence-electron chi connectivity index (χ2n) is 6.04. The van der Waals surface area contributed by atoms with Crippen molar-refractivity contribution < 1.29 is 4.74 Å². The summed E-state index contributed by atoms with van der Waals surface area (Å²) in [6.45, 7) is 3.51. The smallest absolute Gasteiger partial charge is 0.119 e. The summed E-state index contributed by atoms with van der Waals surface area (Å²) in [4.78, 5) is 0.